The van der Waals surface area contributed by atoms with Crippen molar-refractivity contribution in [1.82, 2.24) is 5.32 Å². The smallest absolute Gasteiger partial charge is 0.251 e. The van der Waals surface area contributed by atoms with E-state index in [0.717, 1.165) is 18.8 Å². The van der Waals surface area contributed by atoms with Crippen LogP contribution in [0.25, 0.3) is 0 Å². The van der Waals surface area contributed by atoms with Gasteiger partial charge in [0.1, 0.15) is 5.75 Å². The molecule has 132 valence electrons. The molecule has 2 aromatic rings. The summed E-state index contributed by atoms with van der Waals surface area (Å²) in [6.45, 7) is 3.00. The Morgan fingerprint density at radius 3 is 2.52 bits per heavy atom. The predicted molar refractivity (Wildman–Crippen MR) is 101 cm³/mol. The molecule has 1 aliphatic rings. The lowest BCUT2D eigenvalue weighted by molar-refractivity contribution is 0.0933. The summed E-state index contributed by atoms with van der Waals surface area (Å²) in [6, 6.07) is 18.0. The lowest BCUT2D eigenvalue weighted by atomic mass is 9.67. The third-order valence-corrected chi connectivity index (χ3v) is 5.54. The first-order chi connectivity index (χ1) is 12.1. The molecule has 3 rings (SSSR count). The zero-order valence-corrected chi connectivity index (χ0v) is 15.1. The van der Waals surface area contributed by atoms with E-state index in [1.807, 2.05) is 18.2 Å². The van der Waals surface area contributed by atoms with E-state index < -0.39 is 0 Å². The molecule has 1 saturated carbocycles. The molecule has 1 aliphatic carbocycles. The van der Waals surface area contributed by atoms with Gasteiger partial charge in [0.2, 0.25) is 0 Å². The van der Waals surface area contributed by atoms with Crippen LogP contribution in [-0.2, 0) is 5.41 Å². The molecule has 0 aliphatic heterocycles. The van der Waals surface area contributed by atoms with E-state index in [-0.39, 0.29) is 11.3 Å². The quantitative estimate of drug-likeness (QED) is 0.868. The van der Waals surface area contributed by atoms with Gasteiger partial charge in [-0.25, -0.2) is 0 Å². The standard InChI is InChI=1S/C22H27NO2/c1-17-11-13-22(14-12-17,19-8-4-3-5-9-19)16-23-21(24)18-7-6-10-20(15-18)25-2/h3-10,15,17H,11-14,16H2,1-2H3,(H,23,24). The van der Waals surface area contributed by atoms with E-state index >= 15 is 0 Å². The number of hydrogen-bond donors (Lipinski definition) is 1. The minimum atomic E-state index is -0.0344. The molecule has 0 saturated heterocycles. The topological polar surface area (TPSA) is 38.3 Å². The molecule has 1 N–H and O–H groups in total. The van der Waals surface area contributed by atoms with Crippen LogP contribution in [0.1, 0.15) is 48.5 Å². The third kappa shape index (κ3) is 4.04. The maximum absolute atomic E-state index is 12.6. The molecule has 0 spiro atoms. The normalized spacial score (nSPS) is 23.0. The van der Waals surface area contributed by atoms with Crippen molar-refractivity contribution in [2.75, 3.05) is 13.7 Å². The highest BCUT2D eigenvalue weighted by molar-refractivity contribution is 5.94. The SMILES string of the molecule is COc1cccc(C(=O)NCC2(c3ccccc3)CCC(C)CC2)c1. The van der Waals surface area contributed by atoms with Crippen molar-refractivity contribution in [1.29, 1.82) is 0 Å². The Morgan fingerprint density at radius 1 is 1.12 bits per heavy atom. The van der Waals surface area contributed by atoms with Crippen LogP contribution >= 0.6 is 0 Å². The number of carbonyl (C=O) groups is 1. The molecule has 0 radical (unpaired) electrons. The van der Waals surface area contributed by atoms with Crippen molar-refractivity contribution in [3.63, 3.8) is 0 Å². The summed E-state index contributed by atoms with van der Waals surface area (Å²) in [7, 11) is 1.62. The van der Waals surface area contributed by atoms with Gasteiger partial charge in [0, 0.05) is 17.5 Å². The predicted octanol–water partition coefficient (Wildman–Crippen LogP) is 4.57. The van der Waals surface area contributed by atoms with Gasteiger partial charge in [0.25, 0.3) is 5.91 Å². The number of rotatable bonds is 5. The van der Waals surface area contributed by atoms with Crippen LogP contribution in [0, 0.1) is 5.92 Å². The fourth-order valence-electron chi connectivity index (χ4n) is 3.79. The minimum absolute atomic E-state index is 0.0344. The average Bonchev–Trinajstić information content (AvgIpc) is 2.68. The summed E-state index contributed by atoms with van der Waals surface area (Å²) in [4.78, 5) is 12.6. The Kier molecular flexibility index (Phi) is 5.42. The second-order valence-electron chi connectivity index (χ2n) is 7.24. The van der Waals surface area contributed by atoms with Crippen molar-refractivity contribution in [3.05, 3.63) is 65.7 Å². The summed E-state index contributed by atoms with van der Waals surface area (Å²) in [5.74, 6) is 1.44. The van der Waals surface area contributed by atoms with Crippen molar-refractivity contribution >= 4 is 5.91 Å². The number of hydrogen-bond acceptors (Lipinski definition) is 2. The monoisotopic (exact) mass is 337 g/mol. The van der Waals surface area contributed by atoms with E-state index in [2.05, 4.69) is 42.6 Å². The fraction of sp³-hybridized carbons (Fsp3) is 0.409. The van der Waals surface area contributed by atoms with E-state index in [1.54, 1.807) is 13.2 Å². The maximum atomic E-state index is 12.6. The lowest BCUT2D eigenvalue weighted by Gasteiger charge is -2.40. The molecule has 0 aromatic heterocycles. The van der Waals surface area contributed by atoms with E-state index in [1.165, 1.54) is 18.4 Å². The summed E-state index contributed by atoms with van der Waals surface area (Å²) in [5.41, 5.74) is 2.03. The summed E-state index contributed by atoms with van der Waals surface area (Å²) in [5, 5.41) is 3.18. The lowest BCUT2D eigenvalue weighted by Crippen LogP contribution is -2.43. The summed E-state index contributed by atoms with van der Waals surface area (Å²) < 4.78 is 5.22. The fourth-order valence-corrected chi connectivity index (χ4v) is 3.79. The molecule has 0 bridgehead atoms. The van der Waals surface area contributed by atoms with Gasteiger partial charge in [0.05, 0.1) is 7.11 Å². The van der Waals surface area contributed by atoms with Crippen molar-refractivity contribution < 1.29 is 9.53 Å². The Labute approximate surface area is 150 Å². The first-order valence-electron chi connectivity index (χ1n) is 9.11. The molecular formula is C22H27NO2. The second kappa shape index (κ2) is 7.73. The van der Waals surface area contributed by atoms with Crippen LogP contribution in [0.3, 0.4) is 0 Å². The molecule has 0 atom stereocenters. The Balaban J connectivity index is 1.76. The van der Waals surface area contributed by atoms with Gasteiger partial charge in [-0.1, -0.05) is 43.3 Å². The molecule has 3 nitrogen and oxygen atoms in total. The summed E-state index contributed by atoms with van der Waals surface area (Å²) in [6.07, 6.45) is 4.67. The molecule has 2 aromatic carbocycles. The van der Waals surface area contributed by atoms with Gasteiger partial charge in [-0.3, -0.25) is 4.79 Å². The molecule has 0 heterocycles. The van der Waals surface area contributed by atoms with Gasteiger partial charge < -0.3 is 10.1 Å². The molecule has 1 amide bonds. The van der Waals surface area contributed by atoms with Crippen molar-refractivity contribution in [3.8, 4) is 5.75 Å². The first-order valence-corrected chi connectivity index (χ1v) is 9.11. The number of methoxy groups -OCH3 is 1. The van der Waals surface area contributed by atoms with Crippen LogP contribution in [0.4, 0.5) is 0 Å². The van der Waals surface area contributed by atoms with Crippen molar-refractivity contribution in [2.24, 2.45) is 5.92 Å². The largest absolute Gasteiger partial charge is 0.497 e. The zero-order chi connectivity index (χ0) is 17.7. The first kappa shape index (κ1) is 17.5. The van der Waals surface area contributed by atoms with Crippen LogP contribution in [0.2, 0.25) is 0 Å². The molecule has 1 fully saturated rings. The van der Waals surface area contributed by atoms with Crippen LogP contribution in [-0.4, -0.2) is 19.6 Å². The highest BCUT2D eigenvalue weighted by atomic mass is 16.5. The minimum Gasteiger partial charge on any atom is -0.497 e. The average molecular weight is 337 g/mol. The number of carbonyl (C=O) groups excluding carboxylic acids is 1. The number of nitrogens with one attached hydrogen (secondary N) is 1. The molecule has 0 unspecified atom stereocenters. The van der Waals surface area contributed by atoms with Gasteiger partial charge >= 0.3 is 0 Å². The Morgan fingerprint density at radius 2 is 1.84 bits per heavy atom. The van der Waals surface area contributed by atoms with Gasteiger partial charge in [-0.15, -0.1) is 0 Å². The van der Waals surface area contributed by atoms with Gasteiger partial charge in [-0.05, 0) is 55.4 Å². The van der Waals surface area contributed by atoms with Gasteiger partial charge in [0.15, 0.2) is 0 Å². The van der Waals surface area contributed by atoms with Crippen LogP contribution in [0.5, 0.6) is 5.75 Å². The Hall–Kier alpha value is -2.29. The van der Waals surface area contributed by atoms with E-state index in [0.29, 0.717) is 17.9 Å². The van der Waals surface area contributed by atoms with E-state index in [9.17, 15) is 4.79 Å². The highest BCUT2D eigenvalue weighted by Crippen LogP contribution is 2.41. The number of ether oxygens (including phenoxy) is 1. The molecule has 25 heavy (non-hydrogen) atoms. The maximum Gasteiger partial charge on any atom is 0.251 e. The molecule has 3 heteroatoms. The van der Waals surface area contributed by atoms with Crippen LogP contribution in [0.15, 0.2) is 54.6 Å². The Bertz CT molecular complexity index is 703. The van der Waals surface area contributed by atoms with Crippen molar-refractivity contribution in [2.45, 2.75) is 38.0 Å². The van der Waals surface area contributed by atoms with Gasteiger partial charge in [-0.2, -0.15) is 0 Å². The third-order valence-electron chi connectivity index (χ3n) is 5.54. The summed E-state index contributed by atoms with van der Waals surface area (Å²) >= 11 is 0. The molecular weight excluding hydrogens is 310 g/mol. The zero-order valence-electron chi connectivity index (χ0n) is 15.1. The highest BCUT2D eigenvalue weighted by Gasteiger charge is 2.36. The second-order valence-corrected chi connectivity index (χ2v) is 7.24. The van der Waals surface area contributed by atoms with E-state index in [4.69, 9.17) is 4.74 Å². The van der Waals surface area contributed by atoms with Crippen LogP contribution < -0.4 is 10.1 Å². The number of amides is 1. The number of benzene rings is 2.